The third-order valence-electron chi connectivity index (χ3n) is 3.35. The van der Waals surface area contributed by atoms with Crippen LogP contribution in [0.15, 0.2) is 53.4 Å². The predicted molar refractivity (Wildman–Crippen MR) is 100 cm³/mol. The molecule has 0 heterocycles. The molecule has 0 spiro atoms. The molecule has 0 radical (unpaired) electrons. The van der Waals surface area contributed by atoms with Crippen molar-refractivity contribution in [3.63, 3.8) is 0 Å². The third kappa shape index (κ3) is 6.55. The number of primary amides is 1. The molecule has 2 aromatic carbocycles. The van der Waals surface area contributed by atoms with E-state index in [0.29, 0.717) is 16.3 Å². The molecule has 0 aliphatic carbocycles. The second-order valence-electron chi connectivity index (χ2n) is 5.38. The zero-order valence-corrected chi connectivity index (χ0v) is 15.7. The van der Waals surface area contributed by atoms with Crippen LogP contribution >= 0.6 is 11.6 Å². The van der Waals surface area contributed by atoms with Crippen molar-refractivity contribution in [3.05, 3.63) is 59.1 Å². The molecule has 144 valence electrons. The summed E-state index contributed by atoms with van der Waals surface area (Å²) in [6, 6.07) is 11.9. The molecule has 0 aliphatic rings. The van der Waals surface area contributed by atoms with Gasteiger partial charge in [0.05, 0.1) is 4.90 Å². The second-order valence-corrected chi connectivity index (χ2v) is 7.59. The van der Waals surface area contributed by atoms with Gasteiger partial charge < -0.3 is 15.8 Å². The van der Waals surface area contributed by atoms with Crippen LogP contribution in [0.3, 0.4) is 0 Å². The first kappa shape index (κ1) is 20.7. The lowest BCUT2D eigenvalue weighted by Gasteiger charge is -2.09. The highest BCUT2D eigenvalue weighted by Gasteiger charge is 2.13. The molecule has 8 nitrogen and oxygen atoms in total. The van der Waals surface area contributed by atoms with Crippen LogP contribution < -0.4 is 20.5 Å². The van der Waals surface area contributed by atoms with E-state index in [-0.39, 0.29) is 24.6 Å². The summed E-state index contributed by atoms with van der Waals surface area (Å²) in [5, 5.41) is 2.84. The fourth-order valence-corrected chi connectivity index (χ4v) is 3.35. The Morgan fingerprint density at radius 1 is 1.07 bits per heavy atom. The van der Waals surface area contributed by atoms with Crippen molar-refractivity contribution in [2.45, 2.75) is 4.90 Å². The number of ether oxygens (including phenoxy) is 1. The van der Waals surface area contributed by atoms with Crippen molar-refractivity contribution in [1.82, 2.24) is 10.0 Å². The van der Waals surface area contributed by atoms with Gasteiger partial charge in [-0.3, -0.25) is 9.59 Å². The van der Waals surface area contributed by atoms with Gasteiger partial charge in [-0.1, -0.05) is 17.7 Å². The van der Waals surface area contributed by atoms with E-state index in [1.54, 1.807) is 6.07 Å². The Morgan fingerprint density at radius 2 is 1.78 bits per heavy atom. The SMILES string of the molecule is NC(=O)c1ccc(OCC(=O)NCCNS(=O)(=O)c2cccc(Cl)c2)cc1. The quantitative estimate of drug-likeness (QED) is 0.528. The van der Waals surface area contributed by atoms with Gasteiger partial charge in [-0.15, -0.1) is 0 Å². The van der Waals surface area contributed by atoms with Crippen LogP contribution in [0.1, 0.15) is 10.4 Å². The highest BCUT2D eigenvalue weighted by molar-refractivity contribution is 7.89. The number of benzene rings is 2. The van der Waals surface area contributed by atoms with Gasteiger partial charge in [-0.05, 0) is 42.5 Å². The van der Waals surface area contributed by atoms with Gasteiger partial charge in [0.2, 0.25) is 15.9 Å². The molecule has 0 aliphatic heterocycles. The summed E-state index contributed by atoms with van der Waals surface area (Å²) in [5.74, 6) is -0.577. The summed E-state index contributed by atoms with van der Waals surface area (Å²) in [6.45, 7) is -0.159. The number of nitrogens with one attached hydrogen (secondary N) is 2. The molecule has 0 saturated carbocycles. The number of amides is 2. The summed E-state index contributed by atoms with van der Waals surface area (Å²) in [5.41, 5.74) is 5.46. The molecule has 10 heteroatoms. The van der Waals surface area contributed by atoms with E-state index in [1.807, 2.05) is 0 Å². The number of hydrogen-bond acceptors (Lipinski definition) is 5. The van der Waals surface area contributed by atoms with Gasteiger partial charge in [-0.2, -0.15) is 0 Å². The van der Waals surface area contributed by atoms with Crippen molar-refractivity contribution < 1.29 is 22.7 Å². The van der Waals surface area contributed by atoms with Crippen LogP contribution in [0.4, 0.5) is 0 Å². The molecule has 2 aromatic rings. The maximum absolute atomic E-state index is 12.1. The predicted octanol–water partition coefficient (Wildman–Crippen LogP) is 0.912. The molecule has 2 amide bonds. The van der Waals surface area contributed by atoms with Crippen LogP contribution in [-0.2, 0) is 14.8 Å². The van der Waals surface area contributed by atoms with Gasteiger partial charge in [0.25, 0.3) is 5.91 Å². The lowest BCUT2D eigenvalue weighted by molar-refractivity contribution is -0.123. The van der Waals surface area contributed by atoms with E-state index >= 15 is 0 Å². The Bertz CT molecular complexity index is 916. The maximum Gasteiger partial charge on any atom is 0.257 e. The van der Waals surface area contributed by atoms with Crippen LogP contribution in [0.5, 0.6) is 5.75 Å². The maximum atomic E-state index is 12.1. The van der Waals surface area contributed by atoms with E-state index in [0.717, 1.165) is 0 Å². The van der Waals surface area contributed by atoms with Crippen LogP contribution in [0, 0.1) is 0 Å². The first-order valence-corrected chi connectivity index (χ1v) is 9.68. The molecule has 0 atom stereocenters. The van der Waals surface area contributed by atoms with Crippen molar-refractivity contribution >= 4 is 33.4 Å². The summed E-state index contributed by atoms with van der Waals surface area (Å²) in [4.78, 5) is 22.7. The number of sulfonamides is 1. The minimum Gasteiger partial charge on any atom is -0.484 e. The molecular weight excluding hydrogens is 394 g/mol. The molecule has 0 unspecified atom stereocenters. The van der Waals surface area contributed by atoms with Crippen molar-refractivity contribution in [2.75, 3.05) is 19.7 Å². The summed E-state index contributed by atoms with van der Waals surface area (Å²) in [7, 11) is -3.70. The average Bonchev–Trinajstić information content (AvgIpc) is 2.64. The summed E-state index contributed by atoms with van der Waals surface area (Å²) >= 11 is 5.78. The first-order valence-electron chi connectivity index (χ1n) is 7.82. The zero-order valence-electron chi connectivity index (χ0n) is 14.1. The average molecular weight is 412 g/mol. The van der Waals surface area contributed by atoms with E-state index in [9.17, 15) is 18.0 Å². The Morgan fingerprint density at radius 3 is 2.41 bits per heavy atom. The highest BCUT2D eigenvalue weighted by atomic mass is 35.5. The molecule has 2 rings (SSSR count). The molecule has 0 bridgehead atoms. The number of carbonyl (C=O) groups excluding carboxylic acids is 2. The fraction of sp³-hybridized carbons (Fsp3) is 0.176. The smallest absolute Gasteiger partial charge is 0.257 e. The Balaban J connectivity index is 1.72. The van der Waals surface area contributed by atoms with E-state index < -0.39 is 21.8 Å². The fourth-order valence-electron chi connectivity index (χ4n) is 2.02. The van der Waals surface area contributed by atoms with Gasteiger partial charge in [0.15, 0.2) is 6.61 Å². The van der Waals surface area contributed by atoms with Crippen LogP contribution in [0.2, 0.25) is 5.02 Å². The molecule has 0 fully saturated rings. The van der Waals surface area contributed by atoms with E-state index in [2.05, 4.69) is 10.0 Å². The van der Waals surface area contributed by atoms with E-state index in [1.165, 1.54) is 42.5 Å². The Labute approximate surface area is 161 Å². The first-order chi connectivity index (χ1) is 12.8. The molecule has 0 saturated heterocycles. The van der Waals surface area contributed by atoms with Crippen molar-refractivity contribution in [3.8, 4) is 5.75 Å². The monoisotopic (exact) mass is 411 g/mol. The lowest BCUT2D eigenvalue weighted by atomic mass is 10.2. The topological polar surface area (TPSA) is 128 Å². The second kappa shape index (κ2) is 9.36. The summed E-state index contributed by atoms with van der Waals surface area (Å²) in [6.07, 6.45) is 0. The zero-order chi connectivity index (χ0) is 19.9. The van der Waals surface area contributed by atoms with Crippen molar-refractivity contribution in [1.29, 1.82) is 0 Å². The number of halogens is 1. The number of rotatable bonds is 9. The van der Waals surface area contributed by atoms with Crippen LogP contribution in [-0.4, -0.2) is 39.9 Å². The highest BCUT2D eigenvalue weighted by Crippen LogP contribution is 2.15. The number of carbonyl (C=O) groups is 2. The molecular formula is C17H18ClN3O5S. The van der Waals surface area contributed by atoms with E-state index in [4.69, 9.17) is 22.1 Å². The molecule has 0 aromatic heterocycles. The summed E-state index contributed by atoms with van der Waals surface area (Å²) < 4.78 is 31.8. The van der Waals surface area contributed by atoms with Gasteiger partial charge in [-0.25, -0.2) is 13.1 Å². The number of hydrogen-bond donors (Lipinski definition) is 3. The van der Waals surface area contributed by atoms with Crippen LogP contribution in [0.25, 0.3) is 0 Å². The normalized spacial score (nSPS) is 11.0. The van der Waals surface area contributed by atoms with Gasteiger partial charge >= 0.3 is 0 Å². The minimum absolute atomic E-state index is 0.00783. The molecule has 27 heavy (non-hydrogen) atoms. The van der Waals surface area contributed by atoms with Crippen molar-refractivity contribution in [2.24, 2.45) is 5.73 Å². The standard InChI is InChI=1S/C17H18ClN3O5S/c18-13-2-1-3-15(10-13)27(24,25)21-9-8-20-16(22)11-26-14-6-4-12(5-7-14)17(19)23/h1-7,10,21H,8-9,11H2,(H2,19,23)(H,20,22). The molecule has 4 N–H and O–H groups in total. The third-order valence-corrected chi connectivity index (χ3v) is 5.05. The minimum atomic E-state index is -3.70. The Kier molecular flexibility index (Phi) is 7.17. The largest absolute Gasteiger partial charge is 0.484 e. The Hall–Kier alpha value is -2.62. The van der Waals surface area contributed by atoms with Gasteiger partial charge in [0, 0.05) is 23.7 Å². The number of nitrogens with two attached hydrogens (primary N) is 1. The van der Waals surface area contributed by atoms with Gasteiger partial charge in [0.1, 0.15) is 5.75 Å². The lowest BCUT2D eigenvalue weighted by Crippen LogP contribution is -2.36.